The molecule has 0 aliphatic carbocycles. The van der Waals surface area contributed by atoms with Crippen molar-refractivity contribution in [2.45, 2.75) is 4.90 Å². The van der Waals surface area contributed by atoms with Crippen molar-refractivity contribution in [3.05, 3.63) is 60.2 Å². The van der Waals surface area contributed by atoms with E-state index in [1.807, 2.05) is 35.2 Å². The zero-order chi connectivity index (χ0) is 19.6. The lowest BCUT2D eigenvalue weighted by molar-refractivity contribution is 0.0632. The number of hydrogen-bond acceptors (Lipinski definition) is 6. The van der Waals surface area contributed by atoms with Gasteiger partial charge in [-0.15, -0.1) is 5.11 Å². The highest BCUT2D eigenvalue weighted by atomic mass is 32.2. The maximum atomic E-state index is 12.7. The second kappa shape index (κ2) is 7.69. The smallest absolute Gasteiger partial charge is 0.282 e. The molecule has 9 heteroatoms. The summed E-state index contributed by atoms with van der Waals surface area (Å²) in [5.41, 5.74) is 1.06. The number of nitrogens with zero attached hydrogens (tertiary/aromatic N) is 5. The highest BCUT2D eigenvalue weighted by Crippen LogP contribution is 2.31. The van der Waals surface area contributed by atoms with Crippen LogP contribution in [-0.2, 0) is 10.0 Å². The number of carbonyl (C=O) groups is 1. The molecule has 0 radical (unpaired) electrons. The van der Waals surface area contributed by atoms with Gasteiger partial charge in [-0.25, -0.2) is 0 Å². The van der Waals surface area contributed by atoms with E-state index in [2.05, 4.69) is 15.2 Å². The number of amides is 1. The molecule has 2 aromatic carbocycles. The van der Waals surface area contributed by atoms with Gasteiger partial charge in [-0.1, -0.05) is 35.6 Å². The van der Waals surface area contributed by atoms with Gasteiger partial charge in [-0.3, -0.25) is 9.69 Å². The molecule has 0 unspecified atom stereocenters. The van der Waals surface area contributed by atoms with Gasteiger partial charge in [0.05, 0.1) is 6.54 Å². The largest absolute Gasteiger partial charge is 0.336 e. The molecule has 0 saturated carbocycles. The van der Waals surface area contributed by atoms with Crippen LogP contribution in [0.25, 0.3) is 0 Å². The molecule has 146 valence electrons. The highest BCUT2D eigenvalue weighted by molar-refractivity contribution is 7.89. The third-order valence-corrected chi connectivity index (χ3v) is 6.67. The second-order valence-electron chi connectivity index (χ2n) is 6.71. The van der Waals surface area contributed by atoms with Crippen molar-refractivity contribution in [3.63, 3.8) is 0 Å². The molecule has 0 aromatic heterocycles. The molecule has 0 spiro atoms. The van der Waals surface area contributed by atoms with Crippen LogP contribution in [0.15, 0.2) is 69.8 Å². The van der Waals surface area contributed by atoms with Crippen molar-refractivity contribution in [2.24, 2.45) is 10.3 Å². The Morgan fingerprint density at radius 3 is 2.32 bits per heavy atom. The second-order valence-corrected chi connectivity index (χ2v) is 8.52. The Labute approximate surface area is 164 Å². The van der Waals surface area contributed by atoms with E-state index in [-0.39, 0.29) is 17.3 Å². The van der Waals surface area contributed by atoms with Crippen LogP contribution >= 0.6 is 0 Å². The lowest BCUT2D eigenvalue weighted by atomic mass is 10.2. The van der Waals surface area contributed by atoms with Crippen LogP contribution in [0.4, 0.5) is 5.69 Å². The number of carbonyl (C=O) groups excluding carboxylic acids is 1. The maximum Gasteiger partial charge on any atom is 0.282 e. The van der Waals surface area contributed by atoms with E-state index in [1.165, 1.54) is 0 Å². The van der Waals surface area contributed by atoms with E-state index in [4.69, 9.17) is 0 Å². The van der Waals surface area contributed by atoms with Crippen molar-refractivity contribution in [1.29, 1.82) is 0 Å². The van der Waals surface area contributed by atoms with Gasteiger partial charge >= 0.3 is 0 Å². The normalized spacial score (nSPS) is 18.7. The fraction of sp³-hybridized carbons (Fsp3) is 0.316. The van der Waals surface area contributed by atoms with Crippen molar-refractivity contribution in [3.8, 4) is 0 Å². The van der Waals surface area contributed by atoms with Crippen molar-refractivity contribution >= 4 is 21.6 Å². The van der Waals surface area contributed by atoms with Gasteiger partial charge in [0, 0.05) is 38.3 Å². The third kappa shape index (κ3) is 3.63. The molecule has 2 heterocycles. The minimum atomic E-state index is -3.66. The van der Waals surface area contributed by atoms with E-state index in [1.54, 1.807) is 24.3 Å². The van der Waals surface area contributed by atoms with Crippen molar-refractivity contribution < 1.29 is 13.2 Å². The predicted molar refractivity (Wildman–Crippen MR) is 104 cm³/mol. The zero-order valence-corrected chi connectivity index (χ0v) is 16.1. The average Bonchev–Trinajstić information content (AvgIpc) is 2.74. The average molecular weight is 399 g/mol. The molecule has 0 N–H and O–H groups in total. The number of sulfonamides is 1. The molecule has 0 bridgehead atoms. The Morgan fingerprint density at radius 1 is 0.893 bits per heavy atom. The van der Waals surface area contributed by atoms with Crippen LogP contribution in [-0.4, -0.2) is 67.8 Å². The predicted octanol–water partition coefficient (Wildman–Crippen LogP) is 2.15. The Balaban J connectivity index is 1.32. The molecular formula is C19H21N5O3S. The summed E-state index contributed by atoms with van der Waals surface area (Å²) in [4.78, 5) is 16.7. The lowest BCUT2D eigenvalue weighted by Crippen LogP contribution is -2.50. The van der Waals surface area contributed by atoms with Crippen molar-refractivity contribution in [1.82, 2.24) is 14.2 Å². The molecule has 4 rings (SSSR count). The summed E-state index contributed by atoms with van der Waals surface area (Å²) < 4.78 is 26.4. The molecule has 1 saturated heterocycles. The first-order valence-corrected chi connectivity index (χ1v) is 10.6. The molecule has 2 aromatic rings. The fourth-order valence-electron chi connectivity index (χ4n) is 3.35. The van der Waals surface area contributed by atoms with Crippen LogP contribution in [0.5, 0.6) is 0 Å². The van der Waals surface area contributed by atoms with Crippen LogP contribution in [0.3, 0.4) is 0 Å². The summed E-state index contributed by atoms with van der Waals surface area (Å²) in [6, 6.07) is 15.8. The first-order valence-electron chi connectivity index (χ1n) is 9.16. The summed E-state index contributed by atoms with van der Waals surface area (Å²) >= 11 is 0. The lowest BCUT2D eigenvalue weighted by Gasteiger charge is -2.35. The summed E-state index contributed by atoms with van der Waals surface area (Å²) in [5, 5.41) is 7.87. The van der Waals surface area contributed by atoms with Gasteiger partial charge in [0.25, 0.3) is 15.9 Å². The van der Waals surface area contributed by atoms with Gasteiger partial charge in [0.2, 0.25) is 0 Å². The Kier molecular flexibility index (Phi) is 5.10. The standard InChI is InChI=1S/C19H21N5O3S/c25-19(16-6-2-1-3-7-16)23-13-10-22(11-14-23)12-15-24-21-20-17-8-4-5-9-18(17)28(24,26)27/h1-9H,10-15H2. The summed E-state index contributed by atoms with van der Waals surface area (Å²) in [6.45, 7) is 3.39. The molecule has 1 amide bonds. The minimum absolute atomic E-state index is 0.0317. The number of hydrogen-bond donors (Lipinski definition) is 0. The van der Waals surface area contributed by atoms with E-state index >= 15 is 0 Å². The first-order chi connectivity index (χ1) is 13.6. The molecule has 1 fully saturated rings. The van der Waals surface area contributed by atoms with E-state index in [0.29, 0.717) is 44.0 Å². The molecule has 2 aliphatic rings. The molecular weight excluding hydrogens is 378 g/mol. The van der Waals surface area contributed by atoms with Crippen LogP contribution < -0.4 is 0 Å². The van der Waals surface area contributed by atoms with Gasteiger partial charge in [-0.2, -0.15) is 12.8 Å². The van der Waals surface area contributed by atoms with Crippen LogP contribution in [0.1, 0.15) is 10.4 Å². The van der Waals surface area contributed by atoms with Crippen LogP contribution in [0.2, 0.25) is 0 Å². The van der Waals surface area contributed by atoms with E-state index in [0.717, 1.165) is 4.41 Å². The first kappa shape index (κ1) is 18.6. The monoisotopic (exact) mass is 399 g/mol. The SMILES string of the molecule is O=C(c1ccccc1)N1CCN(CCN2N=Nc3ccccc3S2(=O)=O)CC1. The quantitative estimate of drug-likeness (QED) is 0.788. The van der Waals surface area contributed by atoms with Crippen LogP contribution in [0, 0.1) is 0 Å². The molecule has 28 heavy (non-hydrogen) atoms. The third-order valence-electron chi connectivity index (χ3n) is 4.96. The molecule has 8 nitrogen and oxygen atoms in total. The summed E-state index contributed by atoms with van der Waals surface area (Å²) in [6.07, 6.45) is 0. The zero-order valence-electron chi connectivity index (χ0n) is 15.3. The Morgan fingerprint density at radius 2 is 1.57 bits per heavy atom. The molecule has 0 atom stereocenters. The van der Waals surface area contributed by atoms with Gasteiger partial charge in [0.15, 0.2) is 0 Å². The topological polar surface area (TPSA) is 85.7 Å². The number of fused-ring (bicyclic) bond motifs is 1. The Bertz CT molecular complexity index is 986. The maximum absolute atomic E-state index is 12.7. The number of piperazine rings is 1. The minimum Gasteiger partial charge on any atom is -0.336 e. The fourth-order valence-corrected chi connectivity index (χ4v) is 4.65. The van der Waals surface area contributed by atoms with Crippen molar-refractivity contribution in [2.75, 3.05) is 39.3 Å². The Hall–Kier alpha value is -2.78. The summed E-state index contributed by atoms with van der Waals surface area (Å²) in [7, 11) is -3.66. The highest BCUT2D eigenvalue weighted by Gasteiger charge is 2.30. The van der Waals surface area contributed by atoms with Gasteiger partial charge in [0.1, 0.15) is 10.6 Å². The molecule has 2 aliphatic heterocycles. The van der Waals surface area contributed by atoms with Gasteiger partial charge in [-0.05, 0) is 24.3 Å². The number of rotatable bonds is 4. The van der Waals surface area contributed by atoms with Gasteiger partial charge < -0.3 is 4.90 Å². The number of benzene rings is 2. The van der Waals surface area contributed by atoms with E-state index < -0.39 is 10.0 Å². The van der Waals surface area contributed by atoms with E-state index in [9.17, 15) is 13.2 Å². The summed E-state index contributed by atoms with van der Waals surface area (Å²) in [5.74, 6) is 0.0317.